The van der Waals surface area contributed by atoms with E-state index >= 15 is 0 Å². The van der Waals surface area contributed by atoms with E-state index in [2.05, 4.69) is 0 Å². The molecule has 2 atom stereocenters. The first-order valence-electron chi connectivity index (χ1n) is 8.23. The van der Waals surface area contributed by atoms with Crippen molar-refractivity contribution in [3.8, 4) is 0 Å². The SMILES string of the molecule is CCCN(CC(=O)OCc1ccccc1)C(=O)C(N)C(C)CC. The molecular formula is C18H28N2O3. The van der Waals surface area contributed by atoms with Crippen molar-refractivity contribution in [3.63, 3.8) is 0 Å². The molecule has 0 saturated heterocycles. The van der Waals surface area contributed by atoms with Crippen LogP contribution in [0, 0.1) is 5.92 Å². The van der Waals surface area contributed by atoms with Crippen molar-refractivity contribution in [2.75, 3.05) is 13.1 Å². The fourth-order valence-electron chi connectivity index (χ4n) is 2.18. The predicted octanol–water partition coefficient (Wildman–Crippen LogP) is 2.34. The lowest BCUT2D eigenvalue weighted by atomic mass is 9.99. The number of amides is 1. The summed E-state index contributed by atoms with van der Waals surface area (Å²) >= 11 is 0. The van der Waals surface area contributed by atoms with Gasteiger partial charge in [-0.3, -0.25) is 9.59 Å². The van der Waals surface area contributed by atoms with Crippen LogP contribution in [0.25, 0.3) is 0 Å². The smallest absolute Gasteiger partial charge is 0.325 e. The Morgan fingerprint density at radius 3 is 2.43 bits per heavy atom. The minimum Gasteiger partial charge on any atom is -0.459 e. The molecule has 0 radical (unpaired) electrons. The first kappa shape index (κ1) is 19.2. The summed E-state index contributed by atoms with van der Waals surface area (Å²) in [4.78, 5) is 26.0. The van der Waals surface area contributed by atoms with Gasteiger partial charge in [0.25, 0.3) is 0 Å². The van der Waals surface area contributed by atoms with E-state index in [1.165, 1.54) is 4.90 Å². The summed E-state index contributed by atoms with van der Waals surface area (Å²) < 4.78 is 5.25. The lowest BCUT2D eigenvalue weighted by Crippen LogP contribution is -2.49. The molecule has 2 N–H and O–H groups in total. The van der Waals surface area contributed by atoms with Crippen molar-refractivity contribution in [3.05, 3.63) is 35.9 Å². The Morgan fingerprint density at radius 1 is 1.22 bits per heavy atom. The standard InChI is InChI=1S/C18H28N2O3/c1-4-11-20(18(22)17(19)14(3)5-2)12-16(21)23-13-15-9-7-6-8-10-15/h6-10,14,17H,4-5,11-13,19H2,1-3H3. The summed E-state index contributed by atoms with van der Waals surface area (Å²) in [6, 6.07) is 8.89. The molecule has 0 aromatic heterocycles. The van der Waals surface area contributed by atoms with Crippen LogP contribution in [0.15, 0.2) is 30.3 Å². The van der Waals surface area contributed by atoms with Crippen molar-refractivity contribution in [1.82, 2.24) is 4.90 Å². The molecule has 0 fully saturated rings. The van der Waals surface area contributed by atoms with E-state index < -0.39 is 12.0 Å². The Hall–Kier alpha value is -1.88. The van der Waals surface area contributed by atoms with Gasteiger partial charge in [0.15, 0.2) is 0 Å². The van der Waals surface area contributed by atoms with Crippen LogP contribution in [0.4, 0.5) is 0 Å². The molecule has 0 saturated carbocycles. The van der Waals surface area contributed by atoms with Gasteiger partial charge in [-0.1, -0.05) is 57.5 Å². The minimum atomic E-state index is -0.575. The largest absolute Gasteiger partial charge is 0.459 e. The van der Waals surface area contributed by atoms with Gasteiger partial charge in [0.1, 0.15) is 13.2 Å². The Balaban J connectivity index is 2.57. The van der Waals surface area contributed by atoms with E-state index in [4.69, 9.17) is 10.5 Å². The fraction of sp³-hybridized carbons (Fsp3) is 0.556. The van der Waals surface area contributed by atoms with Gasteiger partial charge in [-0.15, -0.1) is 0 Å². The quantitative estimate of drug-likeness (QED) is 0.709. The van der Waals surface area contributed by atoms with Crippen molar-refractivity contribution in [2.24, 2.45) is 11.7 Å². The highest BCUT2D eigenvalue weighted by molar-refractivity contribution is 5.85. The number of esters is 1. The number of carbonyl (C=O) groups is 2. The maximum absolute atomic E-state index is 12.4. The van der Waals surface area contributed by atoms with E-state index in [-0.39, 0.29) is 25.0 Å². The maximum atomic E-state index is 12.4. The van der Waals surface area contributed by atoms with Crippen LogP contribution in [0.2, 0.25) is 0 Å². The second-order valence-electron chi connectivity index (χ2n) is 5.82. The average Bonchev–Trinajstić information content (AvgIpc) is 2.58. The van der Waals surface area contributed by atoms with Gasteiger partial charge in [-0.05, 0) is 17.9 Å². The molecule has 0 aliphatic rings. The van der Waals surface area contributed by atoms with Gasteiger partial charge in [0.2, 0.25) is 5.91 Å². The highest BCUT2D eigenvalue weighted by atomic mass is 16.5. The molecule has 0 bridgehead atoms. The Kier molecular flexibility index (Phi) is 8.33. The Bertz CT molecular complexity index is 490. The number of nitrogens with two attached hydrogens (primary N) is 1. The van der Waals surface area contributed by atoms with E-state index in [0.29, 0.717) is 6.54 Å². The first-order chi connectivity index (χ1) is 11.0. The van der Waals surface area contributed by atoms with Gasteiger partial charge in [0, 0.05) is 6.54 Å². The summed E-state index contributed by atoms with van der Waals surface area (Å²) in [6.45, 7) is 6.57. The molecule has 0 aliphatic carbocycles. The lowest BCUT2D eigenvalue weighted by Gasteiger charge is -2.27. The van der Waals surface area contributed by atoms with Crippen LogP contribution >= 0.6 is 0 Å². The summed E-state index contributed by atoms with van der Waals surface area (Å²) in [7, 11) is 0. The average molecular weight is 320 g/mol. The molecule has 1 rings (SSSR count). The Morgan fingerprint density at radius 2 is 1.87 bits per heavy atom. The first-order valence-corrected chi connectivity index (χ1v) is 8.23. The zero-order chi connectivity index (χ0) is 17.2. The van der Waals surface area contributed by atoms with Crippen LogP contribution < -0.4 is 5.73 Å². The topological polar surface area (TPSA) is 72.6 Å². The molecule has 1 aromatic rings. The summed E-state index contributed by atoms with van der Waals surface area (Å²) in [5.74, 6) is -0.507. The van der Waals surface area contributed by atoms with Gasteiger partial charge in [-0.25, -0.2) is 0 Å². The van der Waals surface area contributed by atoms with Gasteiger partial charge in [0.05, 0.1) is 6.04 Å². The third kappa shape index (κ3) is 6.40. The zero-order valence-electron chi connectivity index (χ0n) is 14.3. The molecule has 0 heterocycles. The summed E-state index contributed by atoms with van der Waals surface area (Å²) in [5, 5.41) is 0. The second-order valence-corrected chi connectivity index (χ2v) is 5.82. The molecule has 23 heavy (non-hydrogen) atoms. The number of rotatable bonds is 9. The highest BCUT2D eigenvalue weighted by Gasteiger charge is 2.26. The fourth-order valence-corrected chi connectivity index (χ4v) is 2.18. The molecule has 128 valence electrons. The molecule has 2 unspecified atom stereocenters. The number of ether oxygens (including phenoxy) is 1. The van der Waals surface area contributed by atoms with Crippen LogP contribution in [0.1, 0.15) is 39.2 Å². The zero-order valence-corrected chi connectivity index (χ0v) is 14.3. The minimum absolute atomic E-state index is 0.0519. The van der Waals surface area contributed by atoms with Crippen molar-refractivity contribution in [2.45, 2.75) is 46.3 Å². The number of hydrogen-bond acceptors (Lipinski definition) is 4. The third-order valence-electron chi connectivity index (χ3n) is 3.91. The molecular weight excluding hydrogens is 292 g/mol. The predicted molar refractivity (Wildman–Crippen MR) is 90.5 cm³/mol. The second kappa shape index (κ2) is 10.0. The van der Waals surface area contributed by atoms with Crippen molar-refractivity contribution in [1.29, 1.82) is 0 Å². The van der Waals surface area contributed by atoms with Crippen molar-refractivity contribution >= 4 is 11.9 Å². The lowest BCUT2D eigenvalue weighted by molar-refractivity contribution is -0.151. The summed E-state index contributed by atoms with van der Waals surface area (Å²) in [6.07, 6.45) is 1.59. The highest BCUT2D eigenvalue weighted by Crippen LogP contribution is 2.09. The van der Waals surface area contributed by atoms with Gasteiger partial charge < -0.3 is 15.4 Å². The van der Waals surface area contributed by atoms with E-state index in [1.807, 2.05) is 51.1 Å². The van der Waals surface area contributed by atoms with E-state index in [0.717, 1.165) is 18.4 Å². The monoisotopic (exact) mass is 320 g/mol. The molecule has 1 aromatic carbocycles. The van der Waals surface area contributed by atoms with Crippen LogP contribution in [-0.4, -0.2) is 35.9 Å². The number of carbonyl (C=O) groups excluding carboxylic acids is 2. The molecule has 1 amide bonds. The van der Waals surface area contributed by atoms with Crippen LogP contribution in [0.3, 0.4) is 0 Å². The summed E-state index contributed by atoms with van der Waals surface area (Å²) in [5.41, 5.74) is 6.92. The molecule has 5 heteroatoms. The van der Waals surface area contributed by atoms with E-state index in [9.17, 15) is 9.59 Å². The van der Waals surface area contributed by atoms with Crippen LogP contribution in [-0.2, 0) is 20.9 Å². The third-order valence-corrected chi connectivity index (χ3v) is 3.91. The number of hydrogen-bond donors (Lipinski definition) is 1. The number of benzene rings is 1. The van der Waals surface area contributed by atoms with Crippen molar-refractivity contribution < 1.29 is 14.3 Å². The number of nitrogens with zero attached hydrogens (tertiary/aromatic N) is 1. The van der Waals surface area contributed by atoms with Crippen LogP contribution in [0.5, 0.6) is 0 Å². The van der Waals surface area contributed by atoms with E-state index in [1.54, 1.807) is 0 Å². The molecule has 5 nitrogen and oxygen atoms in total. The van der Waals surface area contributed by atoms with Gasteiger partial charge in [-0.2, -0.15) is 0 Å². The molecule has 0 aliphatic heterocycles. The van der Waals surface area contributed by atoms with Gasteiger partial charge >= 0.3 is 5.97 Å². The normalized spacial score (nSPS) is 13.2. The maximum Gasteiger partial charge on any atom is 0.325 e. The Labute approximate surface area is 138 Å². The molecule has 0 spiro atoms.